The van der Waals surface area contributed by atoms with Crippen LogP contribution < -0.4 is 0 Å². The number of rotatable bonds is 6. The lowest BCUT2D eigenvalue weighted by atomic mass is 9.71. The highest BCUT2D eigenvalue weighted by atomic mass is 16.4. The van der Waals surface area contributed by atoms with Gasteiger partial charge >= 0.3 is 0 Å². The Morgan fingerprint density at radius 3 is 2.17 bits per heavy atom. The molecule has 2 bridgehead atoms. The molecule has 1 aliphatic carbocycles. The number of piperidine rings is 2. The van der Waals surface area contributed by atoms with Crippen molar-refractivity contribution in [3.63, 3.8) is 0 Å². The molecule has 2 aromatic carbocycles. The van der Waals surface area contributed by atoms with Gasteiger partial charge in [0.25, 0.3) is 0 Å². The summed E-state index contributed by atoms with van der Waals surface area (Å²) in [6.07, 6.45) is 3.95. The Balaban J connectivity index is 1.56. The highest BCUT2D eigenvalue weighted by Gasteiger charge is 2.44. The molecule has 3 atom stereocenters. The summed E-state index contributed by atoms with van der Waals surface area (Å²) in [6, 6.07) is 21.5. The Labute approximate surface area is 177 Å². The molecule has 3 heterocycles. The van der Waals surface area contributed by atoms with Gasteiger partial charge in [0.05, 0.1) is 11.5 Å². The Hall–Kier alpha value is -2.50. The van der Waals surface area contributed by atoms with E-state index < -0.39 is 5.41 Å². The highest BCUT2D eigenvalue weighted by molar-refractivity contribution is 5.45. The third-order valence-electron chi connectivity index (χ3n) is 7.11. The van der Waals surface area contributed by atoms with E-state index in [-0.39, 0.29) is 6.10 Å². The largest absolute Gasteiger partial charge is 0.424 e. The summed E-state index contributed by atoms with van der Waals surface area (Å²) in [4.78, 5) is 2.57. The van der Waals surface area contributed by atoms with Crippen molar-refractivity contribution < 1.29 is 9.52 Å². The van der Waals surface area contributed by atoms with Gasteiger partial charge in [-0.2, -0.15) is 0 Å². The maximum atomic E-state index is 10.3. The Kier molecular flexibility index (Phi) is 5.17. The van der Waals surface area contributed by atoms with E-state index in [1.807, 2.05) is 19.1 Å². The van der Waals surface area contributed by atoms with Crippen LogP contribution >= 0.6 is 0 Å². The standard InChI is InChI=1S/C25H29N3O2/c1-18-26-27-24(30-18)25(20-8-4-2-5-9-20,21-10-6-3-7-11-21)14-15-28-17-19-12-13-22(28)16-23(19)29/h2-11,19,22-23,29H,12-17H2,1H3. The van der Waals surface area contributed by atoms with Crippen molar-refractivity contribution in [2.75, 3.05) is 13.1 Å². The fourth-order valence-corrected chi connectivity index (χ4v) is 5.49. The van der Waals surface area contributed by atoms with Gasteiger partial charge in [0.15, 0.2) is 0 Å². The Bertz CT molecular complexity index is 933. The number of nitrogens with zero attached hydrogens (tertiary/aromatic N) is 3. The van der Waals surface area contributed by atoms with E-state index in [1.165, 1.54) is 17.5 Å². The number of aliphatic hydroxyl groups is 1. The summed E-state index contributed by atoms with van der Waals surface area (Å²) in [5.41, 5.74) is 1.84. The zero-order chi connectivity index (χ0) is 20.6. The van der Waals surface area contributed by atoms with E-state index >= 15 is 0 Å². The number of aryl methyl sites for hydroxylation is 1. The van der Waals surface area contributed by atoms with Crippen LogP contribution in [0.5, 0.6) is 0 Å². The molecule has 6 rings (SSSR count). The van der Waals surface area contributed by atoms with Crippen LogP contribution in [0.15, 0.2) is 65.1 Å². The minimum absolute atomic E-state index is 0.133. The van der Waals surface area contributed by atoms with Crippen molar-refractivity contribution >= 4 is 0 Å². The van der Waals surface area contributed by atoms with Gasteiger partial charge < -0.3 is 9.52 Å². The van der Waals surface area contributed by atoms with E-state index in [9.17, 15) is 5.11 Å². The number of aliphatic hydroxyl groups excluding tert-OH is 1. The zero-order valence-electron chi connectivity index (χ0n) is 17.4. The molecular formula is C25H29N3O2. The average Bonchev–Trinajstić information content (AvgIpc) is 3.23. The summed E-state index contributed by atoms with van der Waals surface area (Å²) < 4.78 is 6.10. The van der Waals surface area contributed by atoms with Crippen LogP contribution in [0.25, 0.3) is 0 Å². The fourth-order valence-electron chi connectivity index (χ4n) is 5.49. The van der Waals surface area contributed by atoms with Crippen molar-refractivity contribution in [1.29, 1.82) is 0 Å². The maximum Gasteiger partial charge on any atom is 0.231 e. The quantitative estimate of drug-likeness (QED) is 0.675. The molecule has 3 unspecified atom stereocenters. The second-order valence-electron chi connectivity index (χ2n) is 8.80. The molecule has 2 saturated heterocycles. The number of hydrogen-bond acceptors (Lipinski definition) is 5. The summed E-state index contributed by atoms with van der Waals surface area (Å²) in [6.45, 7) is 3.76. The van der Waals surface area contributed by atoms with E-state index in [1.54, 1.807) is 0 Å². The van der Waals surface area contributed by atoms with Crippen LogP contribution in [0.4, 0.5) is 0 Å². The first-order valence-corrected chi connectivity index (χ1v) is 11.0. The molecule has 30 heavy (non-hydrogen) atoms. The molecule has 3 aliphatic rings. The Morgan fingerprint density at radius 2 is 1.67 bits per heavy atom. The molecule has 0 amide bonds. The third-order valence-corrected chi connectivity index (χ3v) is 7.11. The van der Waals surface area contributed by atoms with Crippen molar-refractivity contribution in [2.24, 2.45) is 5.92 Å². The predicted octanol–water partition coefficient (Wildman–Crippen LogP) is 3.95. The first-order chi connectivity index (χ1) is 14.7. The summed E-state index contributed by atoms with van der Waals surface area (Å²) >= 11 is 0. The van der Waals surface area contributed by atoms with E-state index in [4.69, 9.17) is 4.42 Å². The number of benzene rings is 2. The molecule has 5 nitrogen and oxygen atoms in total. The zero-order valence-corrected chi connectivity index (χ0v) is 17.4. The van der Waals surface area contributed by atoms with Crippen LogP contribution in [-0.2, 0) is 5.41 Å². The lowest BCUT2D eigenvalue weighted by molar-refractivity contribution is -0.0505. The maximum absolute atomic E-state index is 10.3. The van der Waals surface area contributed by atoms with Crippen LogP contribution in [0, 0.1) is 12.8 Å². The first-order valence-electron chi connectivity index (χ1n) is 11.0. The SMILES string of the molecule is Cc1nnc(C(CCN2CC3CCC2CC3O)(c2ccccc2)c2ccccc2)o1. The molecule has 1 saturated carbocycles. The monoisotopic (exact) mass is 403 g/mol. The van der Waals surface area contributed by atoms with Gasteiger partial charge in [0.1, 0.15) is 0 Å². The van der Waals surface area contributed by atoms with Crippen molar-refractivity contribution in [3.05, 3.63) is 83.6 Å². The van der Waals surface area contributed by atoms with Gasteiger partial charge in [-0.1, -0.05) is 60.7 Å². The molecule has 156 valence electrons. The lowest BCUT2D eigenvalue weighted by Crippen LogP contribution is -2.54. The van der Waals surface area contributed by atoms with Gasteiger partial charge in [0.2, 0.25) is 11.8 Å². The van der Waals surface area contributed by atoms with Crippen LogP contribution in [0.1, 0.15) is 48.6 Å². The fraction of sp³-hybridized carbons (Fsp3) is 0.440. The van der Waals surface area contributed by atoms with Gasteiger partial charge in [-0.15, -0.1) is 10.2 Å². The van der Waals surface area contributed by atoms with Crippen molar-refractivity contribution in [2.45, 2.75) is 50.2 Å². The summed E-state index contributed by atoms with van der Waals surface area (Å²) in [7, 11) is 0. The molecule has 3 fully saturated rings. The normalized spacial score (nSPS) is 24.3. The Morgan fingerprint density at radius 1 is 1.00 bits per heavy atom. The third kappa shape index (κ3) is 3.36. The van der Waals surface area contributed by atoms with Gasteiger partial charge in [-0.25, -0.2) is 0 Å². The number of fused-ring (bicyclic) bond motifs is 3. The molecule has 3 aromatic rings. The molecule has 5 heteroatoms. The summed E-state index contributed by atoms with van der Waals surface area (Å²) in [5.74, 6) is 1.64. The summed E-state index contributed by atoms with van der Waals surface area (Å²) in [5, 5.41) is 19.0. The molecule has 0 radical (unpaired) electrons. The van der Waals surface area contributed by atoms with Gasteiger partial charge in [-0.3, -0.25) is 4.90 Å². The molecule has 2 aliphatic heterocycles. The van der Waals surface area contributed by atoms with Crippen LogP contribution in [-0.4, -0.2) is 45.4 Å². The smallest absolute Gasteiger partial charge is 0.231 e. The second-order valence-corrected chi connectivity index (χ2v) is 8.80. The number of hydrogen-bond donors (Lipinski definition) is 1. The van der Waals surface area contributed by atoms with Gasteiger partial charge in [0, 0.05) is 26.1 Å². The van der Waals surface area contributed by atoms with E-state index in [0.717, 1.165) is 32.4 Å². The second kappa shape index (κ2) is 7.97. The van der Waals surface area contributed by atoms with E-state index in [0.29, 0.717) is 23.7 Å². The topological polar surface area (TPSA) is 62.4 Å². The molecule has 1 aromatic heterocycles. The first kappa shape index (κ1) is 19.5. The van der Waals surface area contributed by atoms with Crippen LogP contribution in [0.2, 0.25) is 0 Å². The van der Waals surface area contributed by atoms with Crippen molar-refractivity contribution in [3.8, 4) is 0 Å². The van der Waals surface area contributed by atoms with Crippen molar-refractivity contribution in [1.82, 2.24) is 15.1 Å². The number of aromatic nitrogens is 2. The molecule has 0 spiro atoms. The van der Waals surface area contributed by atoms with Crippen LogP contribution in [0.3, 0.4) is 0 Å². The lowest BCUT2D eigenvalue weighted by Gasteiger charge is -2.48. The predicted molar refractivity (Wildman–Crippen MR) is 115 cm³/mol. The minimum Gasteiger partial charge on any atom is -0.424 e. The molecular weight excluding hydrogens is 374 g/mol. The molecule has 1 N–H and O–H groups in total. The van der Waals surface area contributed by atoms with E-state index in [2.05, 4.69) is 63.6 Å². The highest BCUT2D eigenvalue weighted by Crippen LogP contribution is 2.43. The minimum atomic E-state index is -0.501. The average molecular weight is 404 g/mol. The van der Waals surface area contributed by atoms with Gasteiger partial charge in [-0.05, 0) is 42.7 Å².